The van der Waals surface area contributed by atoms with Crippen molar-refractivity contribution in [3.05, 3.63) is 66.5 Å². The topological polar surface area (TPSA) is 56.7 Å². The maximum atomic E-state index is 11.5. The van der Waals surface area contributed by atoms with Crippen molar-refractivity contribution < 1.29 is 9.90 Å². The van der Waals surface area contributed by atoms with Gasteiger partial charge in [0.1, 0.15) is 0 Å². The molecule has 0 saturated heterocycles. The molecular formula is C26H29N3O2S2. The molecule has 3 aromatic rings. The molecule has 1 atom stereocenters. The molecule has 1 aromatic heterocycles. The van der Waals surface area contributed by atoms with Crippen LogP contribution in [0.2, 0.25) is 0 Å². The number of rotatable bonds is 7. The van der Waals surface area contributed by atoms with E-state index in [0.29, 0.717) is 6.04 Å². The van der Waals surface area contributed by atoms with Crippen LogP contribution in [0.15, 0.2) is 70.7 Å². The molecule has 0 aliphatic carbocycles. The summed E-state index contributed by atoms with van der Waals surface area (Å²) in [5, 5.41) is 9.44. The minimum absolute atomic E-state index is 0.199. The summed E-state index contributed by atoms with van der Waals surface area (Å²) in [5.74, 6) is -0.965. The van der Waals surface area contributed by atoms with Crippen molar-refractivity contribution in [3.8, 4) is 11.1 Å². The molecule has 172 valence electrons. The summed E-state index contributed by atoms with van der Waals surface area (Å²) < 4.78 is 2.38. The molecule has 33 heavy (non-hydrogen) atoms. The standard InChI is InChI=1S/C26H29N3O2S2/c1-4-5-9-21-17-29(20-10-7-6-8-11-20)23-14-24(32-3)22(13-25(23)33-28(21)2)18-12-19(26(30)31)16-27-15-18/h6-8,10-16,21H,4-5,9,17H2,1-3H3,(H,30,31). The molecule has 2 heterocycles. The molecule has 2 aromatic carbocycles. The van der Waals surface area contributed by atoms with Gasteiger partial charge in [-0.3, -0.25) is 4.98 Å². The van der Waals surface area contributed by atoms with E-state index in [-0.39, 0.29) is 5.56 Å². The molecule has 1 N–H and O–H groups in total. The van der Waals surface area contributed by atoms with E-state index in [1.54, 1.807) is 36.0 Å². The molecule has 0 fully saturated rings. The highest BCUT2D eigenvalue weighted by atomic mass is 32.2. The number of unbranched alkanes of at least 4 members (excludes halogenated alkanes) is 1. The summed E-state index contributed by atoms with van der Waals surface area (Å²) in [7, 11) is 2.18. The molecule has 0 saturated carbocycles. The predicted molar refractivity (Wildman–Crippen MR) is 139 cm³/mol. The van der Waals surface area contributed by atoms with Gasteiger partial charge >= 0.3 is 5.97 Å². The van der Waals surface area contributed by atoms with Crippen LogP contribution in [0.25, 0.3) is 11.1 Å². The number of aromatic nitrogens is 1. The average molecular weight is 480 g/mol. The van der Waals surface area contributed by atoms with Gasteiger partial charge in [-0.1, -0.05) is 38.0 Å². The van der Waals surface area contributed by atoms with E-state index in [4.69, 9.17) is 0 Å². The van der Waals surface area contributed by atoms with Gasteiger partial charge in [0.2, 0.25) is 0 Å². The third kappa shape index (κ3) is 5.21. The Balaban J connectivity index is 1.85. The Kier molecular flexibility index (Phi) is 7.63. The molecule has 0 bridgehead atoms. The number of pyridine rings is 1. The highest BCUT2D eigenvalue weighted by Crippen LogP contribution is 2.45. The lowest BCUT2D eigenvalue weighted by atomic mass is 10.0. The number of carboxylic acid groups (broad SMARTS) is 1. The van der Waals surface area contributed by atoms with E-state index in [2.05, 4.69) is 76.9 Å². The quantitative estimate of drug-likeness (QED) is 0.295. The summed E-state index contributed by atoms with van der Waals surface area (Å²) in [6.45, 7) is 3.16. The van der Waals surface area contributed by atoms with Crippen molar-refractivity contribution in [2.75, 3.05) is 24.7 Å². The molecular weight excluding hydrogens is 450 g/mol. The summed E-state index contributed by atoms with van der Waals surface area (Å²) in [6.07, 6.45) is 8.73. The van der Waals surface area contributed by atoms with Crippen molar-refractivity contribution >= 4 is 41.1 Å². The summed E-state index contributed by atoms with van der Waals surface area (Å²) in [5.41, 5.74) is 4.41. The van der Waals surface area contributed by atoms with E-state index >= 15 is 0 Å². The van der Waals surface area contributed by atoms with Gasteiger partial charge in [0.25, 0.3) is 0 Å². The number of carboxylic acids is 1. The first-order valence-electron chi connectivity index (χ1n) is 11.2. The lowest BCUT2D eigenvalue weighted by molar-refractivity contribution is 0.0696. The number of anilines is 2. The molecule has 1 aliphatic heterocycles. The third-order valence-electron chi connectivity index (χ3n) is 5.98. The van der Waals surface area contributed by atoms with Crippen molar-refractivity contribution in [2.24, 2.45) is 0 Å². The molecule has 1 unspecified atom stereocenters. The molecule has 1 aliphatic rings. The zero-order valence-corrected chi connectivity index (χ0v) is 20.8. The summed E-state index contributed by atoms with van der Waals surface area (Å²) in [6, 6.07) is 17.1. The second-order valence-electron chi connectivity index (χ2n) is 8.17. The first-order chi connectivity index (χ1) is 16.0. The maximum Gasteiger partial charge on any atom is 0.337 e. The maximum absolute atomic E-state index is 11.5. The van der Waals surface area contributed by atoms with Crippen molar-refractivity contribution in [1.29, 1.82) is 0 Å². The molecule has 0 spiro atoms. The van der Waals surface area contributed by atoms with Gasteiger partial charge in [-0.05, 0) is 67.6 Å². The van der Waals surface area contributed by atoms with Gasteiger partial charge in [-0.25, -0.2) is 9.10 Å². The molecule has 0 amide bonds. The van der Waals surface area contributed by atoms with E-state index in [1.165, 1.54) is 30.4 Å². The number of hydrogen-bond acceptors (Lipinski definition) is 6. The second-order valence-corrected chi connectivity index (χ2v) is 10.2. The van der Waals surface area contributed by atoms with Crippen LogP contribution in [0.3, 0.4) is 0 Å². The fourth-order valence-electron chi connectivity index (χ4n) is 4.15. The molecule has 4 rings (SSSR count). The van der Waals surface area contributed by atoms with Gasteiger partial charge in [-0.2, -0.15) is 0 Å². The van der Waals surface area contributed by atoms with E-state index in [0.717, 1.165) is 33.9 Å². The largest absolute Gasteiger partial charge is 0.478 e. The number of aromatic carboxylic acids is 1. The Morgan fingerprint density at radius 1 is 1.21 bits per heavy atom. The van der Waals surface area contributed by atoms with Crippen molar-refractivity contribution in [3.63, 3.8) is 0 Å². The zero-order valence-electron chi connectivity index (χ0n) is 19.2. The Morgan fingerprint density at radius 2 is 2.00 bits per heavy atom. The molecule has 7 heteroatoms. The van der Waals surface area contributed by atoms with Crippen LogP contribution < -0.4 is 4.90 Å². The third-order valence-corrected chi connectivity index (χ3v) is 7.86. The Hall–Kier alpha value is -2.48. The monoisotopic (exact) mass is 479 g/mol. The van der Waals surface area contributed by atoms with Crippen LogP contribution >= 0.6 is 23.7 Å². The predicted octanol–water partition coefficient (Wildman–Crippen LogP) is 6.82. The highest BCUT2D eigenvalue weighted by Gasteiger charge is 2.28. The van der Waals surface area contributed by atoms with Gasteiger partial charge in [0.15, 0.2) is 0 Å². The average Bonchev–Trinajstić information content (AvgIpc) is 2.98. The Bertz CT molecular complexity index is 1120. The lowest BCUT2D eigenvalue weighted by Gasteiger charge is -2.30. The van der Waals surface area contributed by atoms with Crippen molar-refractivity contribution in [2.45, 2.75) is 42.0 Å². The smallest absolute Gasteiger partial charge is 0.337 e. The minimum Gasteiger partial charge on any atom is -0.478 e. The second kappa shape index (κ2) is 10.6. The number of carbonyl (C=O) groups is 1. The number of hydrogen-bond donors (Lipinski definition) is 1. The Labute approximate surface area is 204 Å². The van der Waals surface area contributed by atoms with Gasteiger partial charge in [0, 0.05) is 46.0 Å². The number of para-hydroxylation sites is 1. The van der Waals surface area contributed by atoms with E-state index in [9.17, 15) is 9.90 Å². The van der Waals surface area contributed by atoms with Crippen LogP contribution in [0.5, 0.6) is 0 Å². The van der Waals surface area contributed by atoms with Crippen LogP contribution in [0, 0.1) is 0 Å². The lowest BCUT2D eigenvalue weighted by Crippen LogP contribution is -2.35. The van der Waals surface area contributed by atoms with Gasteiger partial charge < -0.3 is 10.0 Å². The molecule has 5 nitrogen and oxygen atoms in total. The molecule has 0 radical (unpaired) electrons. The highest BCUT2D eigenvalue weighted by molar-refractivity contribution is 7.98. The van der Waals surface area contributed by atoms with Gasteiger partial charge in [0.05, 0.1) is 11.3 Å². The van der Waals surface area contributed by atoms with E-state index in [1.807, 2.05) is 0 Å². The number of likely N-dealkylation sites (N-methyl/N-ethyl adjacent to an activating group) is 1. The number of fused-ring (bicyclic) bond motifs is 1. The van der Waals surface area contributed by atoms with Crippen LogP contribution in [-0.4, -0.2) is 46.3 Å². The zero-order chi connectivity index (χ0) is 23.4. The van der Waals surface area contributed by atoms with Crippen LogP contribution in [0.4, 0.5) is 11.4 Å². The summed E-state index contributed by atoms with van der Waals surface area (Å²) in [4.78, 5) is 20.4. The van der Waals surface area contributed by atoms with Gasteiger partial charge in [-0.15, -0.1) is 11.8 Å². The Morgan fingerprint density at radius 3 is 2.70 bits per heavy atom. The number of thioether (sulfide) groups is 1. The minimum atomic E-state index is -0.965. The number of benzene rings is 2. The van der Waals surface area contributed by atoms with Crippen molar-refractivity contribution in [1.82, 2.24) is 9.29 Å². The fraction of sp³-hybridized carbons (Fsp3) is 0.308. The van der Waals surface area contributed by atoms with Crippen LogP contribution in [0.1, 0.15) is 36.5 Å². The fourth-order valence-corrected chi connectivity index (χ4v) is 5.84. The van der Waals surface area contributed by atoms with Crippen LogP contribution in [-0.2, 0) is 0 Å². The normalized spacial score (nSPS) is 16.3. The number of nitrogens with zero attached hydrogens (tertiary/aromatic N) is 3. The first-order valence-corrected chi connectivity index (χ1v) is 13.2. The van der Waals surface area contributed by atoms with E-state index < -0.39 is 5.97 Å². The SMILES string of the molecule is CCCCC1CN(c2ccccc2)c2cc(SC)c(-c3cncc(C(=O)O)c3)cc2SN1C. The first kappa shape index (κ1) is 23.7. The summed E-state index contributed by atoms with van der Waals surface area (Å²) >= 11 is 3.45.